The van der Waals surface area contributed by atoms with Crippen LogP contribution in [-0.4, -0.2) is 14.5 Å². The van der Waals surface area contributed by atoms with Gasteiger partial charge in [-0.25, -0.2) is 9.97 Å². The Morgan fingerprint density at radius 3 is 2.10 bits per heavy atom. The lowest BCUT2D eigenvalue weighted by Gasteiger charge is -2.17. The first-order chi connectivity index (χ1) is 19.9. The Kier molecular flexibility index (Phi) is 5.32. The van der Waals surface area contributed by atoms with E-state index >= 15 is 0 Å². The van der Waals surface area contributed by atoms with Crippen LogP contribution in [0, 0.1) is 5.41 Å². The van der Waals surface area contributed by atoms with Crippen LogP contribution in [0.1, 0.15) is 26.3 Å². The highest BCUT2D eigenvalue weighted by Gasteiger charge is 2.19. The third-order valence-electron chi connectivity index (χ3n) is 7.99. The molecular weight excluding hydrogens is 518 g/mol. The van der Waals surface area contributed by atoms with Crippen molar-refractivity contribution in [3.8, 4) is 16.9 Å². The molecule has 3 aromatic heterocycles. The average molecular weight is 548 g/mol. The predicted molar refractivity (Wildman–Crippen MR) is 175 cm³/mol. The molecule has 3 nitrogen and oxygen atoms in total. The molecular formula is C37H29N3S. The maximum absolute atomic E-state index is 4.90. The van der Waals surface area contributed by atoms with Gasteiger partial charge >= 0.3 is 0 Å². The second-order valence-corrected chi connectivity index (χ2v) is 13.2. The van der Waals surface area contributed by atoms with Crippen LogP contribution < -0.4 is 0 Å². The molecule has 0 aliphatic rings. The standard InChI is InChI=1S/C37H29N3S/c1-37(2,3)21-23-16-17-29-33(18-23)41-36-34(38-22-39-35(29)36)25-19-24-10-4-5-11-26(24)32(20-25)40-30-14-8-6-12-27(30)28-13-7-9-15-31(28)40/h4-20,22H,21H2,1-3H3. The van der Waals surface area contributed by atoms with Gasteiger partial charge in [-0.2, -0.15) is 0 Å². The Morgan fingerprint density at radius 1 is 0.683 bits per heavy atom. The minimum Gasteiger partial charge on any atom is -0.309 e. The minimum absolute atomic E-state index is 0.240. The van der Waals surface area contributed by atoms with Gasteiger partial charge in [0.2, 0.25) is 0 Å². The van der Waals surface area contributed by atoms with Gasteiger partial charge in [0.25, 0.3) is 0 Å². The number of benzene rings is 5. The smallest absolute Gasteiger partial charge is 0.116 e. The van der Waals surface area contributed by atoms with E-state index in [0.717, 1.165) is 33.6 Å². The number of rotatable bonds is 3. The number of fused-ring (bicyclic) bond motifs is 7. The Bertz CT molecular complexity index is 2230. The van der Waals surface area contributed by atoms with Gasteiger partial charge in [0, 0.05) is 31.8 Å². The van der Waals surface area contributed by atoms with Crippen molar-refractivity contribution in [1.29, 1.82) is 0 Å². The highest BCUT2D eigenvalue weighted by molar-refractivity contribution is 7.26. The molecule has 0 radical (unpaired) electrons. The summed E-state index contributed by atoms with van der Waals surface area (Å²) in [5, 5.41) is 6.14. The molecule has 0 atom stereocenters. The highest BCUT2D eigenvalue weighted by Crippen LogP contribution is 2.41. The topological polar surface area (TPSA) is 30.7 Å². The highest BCUT2D eigenvalue weighted by atomic mass is 32.1. The monoisotopic (exact) mass is 547 g/mol. The molecule has 0 amide bonds. The Labute approximate surface area is 242 Å². The fourth-order valence-electron chi connectivity index (χ4n) is 6.34. The molecule has 0 fully saturated rings. The normalized spacial score (nSPS) is 12.4. The minimum atomic E-state index is 0.240. The molecule has 8 aromatic rings. The molecule has 3 heterocycles. The van der Waals surface area contributed by atoms with E-state index in [2.05, 4.69) is 128 Å². The van der Waals surface area contributed by atoms with Gasteiger partial charge in [0.1, 0.15) is 6.33 Å². The summed E-state index contributed by atoms with van der Waals surface area (Å²) >= 11 is 1.81. The summed E-state index contributed by atoms with van der Waals surface area (Å²) in [5.74, 6) is 0. The molecule has 0 N–H and O–H groups in total. The van der Waals surface area contributed by atoms with Crippen molar-refractivity contribution in [2.75, 3.05) is 0 Å². The third kappa shape index (κ3) is 3.93. The zero-order valence-corrected chi connectivity index (χ0v) is 24.2. The van der Waals surface area contributed by atoms with Crippen LogP contribution in [0.5, 0.6) is 0 Å². The molecule has 0 aliphatic heterocycles. The van der Waals surface area contributed by atoms with Gasteiger partial charge in [0.05, 0.1) is 32.6 Å². The van der Waals surface area contributed by atoms with Crippen molar-refractivity contribution in [2.24, 2.45) is 5.41 Å². The Balaban J connectivity index is 1.41. The molecule has 198 valence electrons. The summed E-state index contributed by atoms with van der Waals surface area (Å²) in [5.41, 5.74) is 8.30. The van der Waals surface area contributed by atoms with Crippen molar-refractivity contribution in [3.63, 3.8) is 0 Å². The lowest BCUT2D eigenvalue weighted by Crippen LogP contribution is -2.08. The van der Waals surface area contributed by atoms with E-state index in [0.29, 0.717) is 0 Å². The Morgan fingerprint density at radius 2 is 1.37 bits per heavy atom. The molecule has 0 bridgehead atoms. The maximum Gasteiger partial charge on any atom is 0.116 e. The van der Waals surface area contributed by atoms with E-state index in [9.17, 15) is 0 Å². The van der Waals surface area contributed by atoms with Crippen LogP contribution in [0.25, 0.3) is 69.8 Å². The molecule has 41 heavy (non-hydrogen) atoms. The average Bonchev–Trinajstić information content (AvgIpc) is 3.51. The molecule has 0 saturated heterocycles. The van der Waals surface area contributed by atoms with Crippen LogP contribution in [0.4, 0.5) is 0 Å². The van der Waals surface area contributed by atoms with Crippen molar-refractivity contribution in [3.05, 3.63) is 115 Å². The van der Waals surface area contributed by atoms with E-state index in [1.54, 1.807) is 17.7 Å². The largest absolute Gasteiger partial charge is 0.309 e. The first-order valence-corrected chi connectivity index (χ1v) is 14.9. The van der Waals surface area contributed by atoms with E-state index in [1.807, 2.05) is 0 Å². The van der Waals surface area contributed by atoms with Crippen molar-refractivity contribution in [2.45, 2.75) is 27.2 Å². The zero-order valence-electron chi connectivity index (χ0n) is 23.3. The summed E-state index contributed by atoms with van der Waals surface area (Å²) in [6, 6.07) is 37.5. The molecule has 4 heteroatoms. The van der Waals surface area contributed by atoms with Crippen molar-refractivity contribution in [1.82, 2.24) is 14.5 Å². The van der Waals surface area contributed by atoms with Gasteiger partial charge in [-0.15, -0.1) is 11.3 Å². The van der Waals surface area contributed by atoms with Crippen molar-refractivity contribution < 1.29 is 0 Å². The molecule has 5 aromatic carbocycles. The van der Waals surface area contributed by atoms with E-state index in [4.69, 9.17) is 9.97 Å². The number of hydrogen-bond donors (Lipinski definition) is 0. The SMILES string of the molecule is CC(C)(C)Cc1ccc2c(c1)sc1c(-c3cc(-n4c5ccccc5c5ccccc54)c4ccccc4c3)ncnc12. The number of para-hydroxylation sites is 2. The van der Waals surface area contributed by atoms with E-state index in [-0.39, 0.29) is 5.41 Å². The lowest BCUT2D eigenvalue weighted by atomic mass is 9.88. The summed E-state index contributed by atoms with van der Waals surface area (Å²) in [6.07, 6.45) is 2.77. The fourth-order valence-corrected chi connectivity index (χ4v) is 7.57. The van der Waals surface area contributed by atoms with Crippen LogP contribution in [-0.2, 0) is 6.42 Å². The predicted octanol–water partition coefficient (Wildman–Crippen LogP) is 10.4. The maximum atomic E-state index is 4.90. The second kappa shape index (κ2) is 8.98. The van der Waals surface area contributed by atoms with Crippen LogP contribution in [0.2, 0.25) is 0 Å². The number of nitrogens with zero attached hydrogens (tertiary/aromatic N) is 3. The first-order valence-electron chi connectivity index (χ1n) is 14.1. The quantitative estimate of drug-likeness (QED) is 0.220. The van der Waals surface area contributed by atoms with Gasteiger partial charge in [0.15, 0.2) is 0 Å². The molecule has 0 spiro atoms. The third-order valence-corrected chi connectivity index (χ3v) is 9.13. The number of hydrogen-bond acceptors (Lipinski definition) is 3. The fraction of sp³-hybridized carbons (Fsp3) is 0.135. The molecule has 0 aliphatic carbocycles. The van der Waals surface area contributed by atoms with Gasteiger partial charge in [-0.05, 0) is 53.1 Å². The summed E-state index contributed by atoms with van der Waals surface area (Å²) in [6.45, 7) is 6.88. The zero-order chi connectivity index (χ0) is 27.7. The van der Waals surface area contributed by atoms with Gasteiger partial charge in [-0.3, -0.25) is 0 Å². The van der Waals surface area contributed by atoms with Crippen molar-refractivity contribution >= 4 is 64.2 Å². The molecule has 0 saturated carbocycles. The Hall–Kier alpha value is -4.54. The number of thiophene rings is 1. The van der Waals surface area contributed by atoms with E-state index in [1.165, 1.54) is 48.2 Å². The van der Waals surface area contributed by atoms with Crippen LogP contribution in [0.3, 0.4) is 0 Å². The second-order valence-electron chi connectivity index (χ2n) is 12.2. The molecule has 8 rings (SSSR count). The number of aromatic nitrogens is 3. The van der Waals surface area contributed by atoms with Crippen LogP contribution in [0.15, 0.2) is 109 Å². The summed E-state index contributed by atoms with van der Waals surface area (Å²) in [7, 11) is 0. The summed E-state index contributed by atoms with van der Waals surface area (Å²) < 4.78 is 4.82. The lowest BCUT2D eigenvalue weighted by molar-refractivity contribution is 0.411. The molecule has 0 unspecified atom stereocenters. The van der Waals surface area contributed by atoms with Gasteiger partial charge < -0.3 is 4.57 Å². The van der Waals surface area contributed by atoms with Crippen LogP contribution >= 0.6 is 11.3 Å². The van der Waals surface area contributed by atoms with Gasteiger partial charge in [-0.1, -0.05) is 93.6 Å². The summed E-state index contributed by atoms with van der Waals surface area (Å²) in [4.78, 5) is 9.67. The van der Waals surface area contributed by atoms with E-state index < -0.39 is 0 Å². The first kappa shape index (κ1) is 24.3.